The Morgan fingerprint density at radius 1 is 0.960 bits per heavy atom. The molecule has 6 heteroatoms. The molecule has 118 valence electrons. The fourth-order valence-corrected chi connectivity index (χ4v) is 1.90. The molecule has 0 spiro atoms. The van der Waals surface area contributed by atoms with Crippen molar-refractivity contribution in [2.75, 3.05) is 7.11 Å². The molecule has 1 aromatic carbocycles. The quantitative estimate of drug-likeness (QED) is 0.604. The van der Waals surface area contributed by atoms with Crippen LogP contribution < -0.4 is 4.74 Å². The summed E-state index contributed by atoms with van der Waals surface area (Å²) in [6, 6.07) is 15.6. The Hall–Kier alpha value is -4.31. The van der Waals surface area contributed by atoms with Crippen LogP contribution in [0.1, 0.15) is 5.56 Å². The van der Waals surface area contributed by atoms with E-state index in [-0.39, 0.29) is 11.1 Å². The fourth-order valence-electron chi connectivity index (χ4n) is 1.90. The lowest BCUT2D eigenvalue weighted by Crippen LogP contribution is -2.04. The van der Waals surface area contributed by atoms with Gasteiger partial charge in [-0.15, -0.1) is 0 Å². The molecule has 0 fully saturated rings. The van der Waals surface area contributed by atoms with E-state index in [1.807, 2.05) is 6.07 Å². The van der Waals surface area contributed by atoms with Crippen molar-refractivity contribution in [2.24, 2.45) is 5.92 Å². The minimum atomic E-state index is -1.38. The van der Waals surface area contributed by atoms with E-state index in [2.05, 4.69) is 0 Å². The zero-order valence-corrected chi connectivity index (χ0v) is 13.3. The van der Waals surface area contributed by atoms with Crippen molar-refractivity contribution in [3.05, 3.63) is 58.7 Å². The first-order valence-electron chi connectivity index (χ1n) is 6.91. The second-order valence-corrected chi connectivity index (χ2v) is 4.53. The third kappa shape index (κ3) is 4.84. The fraction of sp³-hybridized carbons (Fsp3) is 0.105. The maximum absolute atomic E-state index is 9.30. The Bertz CT molecular complexity index is 902. The van der Waals surface area contributed by atoms with E-state index in [9.17, 15) is 5.26 Å². The van der Waals surface area contributed by atoms with Gasteiger partial charge in [0, 0.05) is 5.57 Å². The molecule has 0 N–H and O–H groups in total. The van der Waals surface area contributed by atoms with Gasteiger partial charge >= 0.3 is 0 Å². The van der Waals surface area contributed by atoms with Crippen molar-refractivity contribution in [3.8, 4) is 36.1 Å². The summed E-state index contributed by atoms with van der Waals surface area (Å²) < 4.78 is 5.06. The van der Waals surface area contributed by atoms with Gasteiger partial charge in [0.25, 0.3) is 0 Å². The number of nitrogens with zero attached hydrogens (tertiary/aromatic N) is 5. The molecular weight excluding hydrogens is 314 g/mol. The van der Waals surface area contributed by atoms with Gasteiger partial charge in [0.1, 0.15) is 23.5 Å². The van der Waals surface area contributed by atoms with E-state index in [0.29, 0.717) is 5.75 Å². The first-order chi connectivity index (χ1) is 12.1. The molecule has 0 aliphatic heterocycles. The molecule has 6 nitrogen and oxygen atoms in total. The van der Waals surface area contributed by atoms with Crippen molar-refractivity contribution in [3.63, 3.8) is 0 Å². The number of benzene rings is 1. The summed E-state index contributed by atoms with van der Waals surface area (Å²) in [5.41, 5.74) is 0.129. The van der Waals surface area contributed by atoms with Crippen molar-refractivity contribution in [1.82, 2.24) is 0 Å². The van der Waals surface area contributed by atoms with Crippen LogP contribution in [0.4, 0.5) is 0 Å². The highest BCUT2D eigenvalue weighted by atomic mass is 16.5. The molecule has 0 aromatic heterocycles. The maximum Gasteiger partial charge on any atom is 0.161 e. The summed E-state index contributed by atoms with van der Waals surface area (Å²) in [6.07, 6.45) is 4.59. The van der Waals surface area contributed by atoms with Crippen LogP contribution in [0.25, 0.3) is 6.08 Å². The minimum absolute atomic E-state index is 0.0871. The highest BCUT2D eigenvalue weighted by Crippen LogP contribution is 2.23. The molecule has 0 aliphatic rings. The number of nitriles is 5. The number of methoxy groups -OCH3 is 1. The lowest BCUT2D eigenvalue weighted by atomic mass is 9.90. The number of rotatable bonds is 5. The normalized spacial score (nSPS) is 10.0. The third-order valence-electron chi connectivity index (χ3n) is 3.12. The van der Waals surface area contributed by atoms with Crippen LogP contribution in [0.15, 0.2) is 53.1 Å². The van der Waals surface area contributed by atoms with Gasteiger partial charge in [-0.2, -0.15) is 26.3 Å². The second-order valence-electron chi connectivity index (χ2n) is 4.53. The van der Waals surface area contributed by atoms with Crippen LogP contribution in [-0.4, -0.2) is 7.11 Å². The summed E-state index contributed by atoms with van der Waals surface area (Å²) in [6.45, 7) is 0. The second kappa shape index (κ2) is 9.66. The SMILES string of the molecule is COc1ccc(/C=C/C=C(\C#N)C(=C(C#N)C#N)C(C#N)C#N)cc1. The number of ether oxygens (including phenoxy) is 1. The largest absolute Gasteiger partial charge is 0.497 e. The molecule has 0 bridgehead atoms. The van der Waals surface area contributed by atoms with Crippen LogP contribution in [0.3, 0.4) is 0 Å². The lowest BCUT2D eigenvalue weighted by molar-refractivity contribution is 0.415. The van der Waals surface area contributed by atoms with Gasteiger partial charge in [-0.25, -0.2) is 0 Å². The standard InChI is InChI=1S/C19H11N5O/c1-25-18-7-5-14(6-8-18)3-2-4-15(9-20)19(16(10-21)11-22)17(12-23)13-24/h2-8,16H,1H3/b3-2+,15-4+. The Morgan fingerprint density at radius 3 is 2.00 bits per heavy atom. The van der Waals surface area contributed by atoms with Gasteiger partial charge in [-0.05, 0) is 23.8 Å². The first kappa shape index (κ1) is 18.7. The molecule has 0 aliphatic carbocycles. The van der Waals surface area contributed by atoms with Crippen molar-refractivity contribution >= 4 is 6.08 Å². The predicted molar refractivity (Wildman–Crippen MR) is 88.7 cm³/mol. The molecular formula is C19H11N5O. The van der Waals surface area contributed by atoms with Crippen LogP contribution in [0, 0.1) is 62.6 Å². The van der Waals surface area contributed by atoms with Gasteiger partial charge in [-0.1, -0.05) is 24.3 Å². The van der Waals surface area contributed by atoms with Gasteiger partial charge in [0.05, 0.1) is 30.9 Å². The molecule has 0 amide bonds. The third-order valence-corrected chi connectivity index (χ3v) is 3.12. The number of hydrogen-bond acceptors (Lipinski definition) is 6. The van der Waals surface area contributed by atoms with Gasteiger partial charge in [0.2, 0.25) is 0 Å². The van der Waals surface area contributed by atoms with Gasteiger partial charge in [0.15, 0.2) is 5.92 Å². The molecule has 0 saturated carbocycles. The summed E-state index contributed by atoms with van der Waals surface area (Å²) in [7, 11) is 1.56. The number of allylic oxidation sites excluding steroid dienone is 5. The highest BCUT2D eigenvalue weighted by Gasteiger charge is 2.22. The molecule has 25 heavy (non-hydrogen) atoms. The molecule has 0 radical (unpaired) electrons. The van der Waals surface area contributed by atoms with Crippen LogP contribution in [-0.2, 0) is 0 Å². The Morgan fingerprint density at radius 2 is 1.56 bits per heavy atom. The topological polar surface area (TPSA) is 128 Å². The molecule has 1 rings (SSSR count). The molecule has 0 heterocycles. The van der Waals surface area contributed by atoms with Crippen LogP contribution in [0.5, 0.6) is 5.75 Å². The zero-order valence-electron chi connectivity index (χ0n) is 13.3. The smallest absolute Gasteiger partial charge is 0.161 e. The predicted octanol–water partition coefficient (Wildman–Crippen LogP) is 3.17. The highest BCUT2D eigenvalue weighted by molar-refractivity contribution is 5.60. The molecule has 0 atom stereocenters. The Balaban J connectivity index is 3.29. The van der Waals surface area contributed by atoms with E-state index in [1.54, 1.807) is 67.8 Å². The molecule has 1 aromatic rings. The van der Waals surface area contributed by atoms with Crippen LogP contribution >= 0.6 is 0 Å². The van der Waals surface area contributed by atoms with Crippen molar-refractivity contribution in [2.45, 2.75) is 0 Å². The number of hydrogen-bond donors (Lipinski definition) is 0. The zero-order chi connectivity index (χ0) is 18.7. The molecule has 0 unspecified atom stereocenters. The Kier molecular flexibility index (Phi) is 7.24. The summed E-state index contributed by atoms with van der Waals surface area (Å²) >= 11 is 0. The average molecular weight is 325 g/mol. The van der Waals surface area contributed by atoms with Crippen LogP contribution in [0.2, 0.25) is 0 Å². The Labute approximate surface area is 145 Å². The molecule has 0 saturated heterocycles. The van der Waals surface area contributed by atoms with Gasteiger partial charge < -0.3 is 4.74 Å². The average Bonchev–Trinajstić information content (AvgIpc) is 2.66. The monoisotopic (exact) mass is 325 g/mol. The lowest BCUT2D eigenvalue weighted by Gasteiger charge is -2.05. The van der Waals surface area contributed by atoms with E-state index in [0.717, 1.165) is 5.56 Å². The van der Waals surface area contributed by atoms with Crippen molar-refractivity contribution in [1.29, 1.82) is 26.3 Å². The maximum atomic E-state index is 9.30. The summed E-state index contributed by atoms with van der Waals surface area (Å²) in [5, 5.41) is 45.4. The van der Waals surface area contributed by atoms with E-state index in [4.69, 9.17) is 25.8 Å². The van der Waals surface area contributed by atoms with Crippen molar-refractivity contribution < 1.29 is 4.74 Å². The summed E-state index contributed by atoms with van der Waals surface area (Å²) in [5.74, 6) is -0.677. The summed E-state index contributed by atoms with van der Waals surface area (Å²) in [4.78, 5) is 0. The van der Waals surface area contributed by atoms with E-state index < -0.39 is 11.5 Å². The van der Waals surface area contributed by atoms with E-state index >= 15 is 0 Å². The van der Waals surface area contributed by atoms with E-state index in [1.165, 1.54) is 6.08 Å². The first-order valence-corrected chi connectivity index (χ1v) is 6.91. The minimum Gasteiger partial charge on any atom is -0.497 e. The van der Waals surface area contributed by atoms with Gasteiger partial charge in [-0.3, -0.25) is 0 Å².